The highest BCUT2D eigenvalue weighted by molar-refractivity contribution is 6.06. The van der Waals surface area contributed by atoms with Gasteiger partial charge in [0, 0.05) is 11.3 Å². The van der Waals surface area contributed by atoms with E-state index in [0.29, 0.717) is 34.0 Å². The fourth-order valence-electron chi connectivity index (χ4n) is 3.59. The van der Waals surface area contributed by atoms with Crippen molar-refractivity contribution >= 4 is 22.6 Å². The molecule has 0 saturated heterocycles. The van der Waals surface area contributed by atoms with Gasteiger partial charge in [0.15, 0.2) is 11.5 Å². The number of anilines is 1. The first-order chi connectivity index (χ1) is 16.0. The molecule has 4 aromatic rings. The third kappa shape index (κ3) is 4.32. The molecule has 0 aliphatic heterocycles. The number of fused-ring (bicyclic) bond motifs is 1. The van der Waals surface area contributed by atoms with Crippen molar-refractivity contribution in [3.8, 4) is 22.9 Å². The van der Waals surface area contributed by atoms with Gasteiger partial charge in [-0.1, -0.05) is 19.1 Å². The normalized spacial score (nSPS) is 10.8. The Balaban J connectivity index is 1.64. The molecule has 0 unspecified atom stereocenters. The molecule has 0 spiro atoms. The van der Waals surface area contributed by atoms with Crippen LogP contribution in [-0.2, 0) is 6.42 Å². The van der Waals surface area contributed by atoms with E-state index in [1.54, 1.807) is 16.9 Å². The van der Waals surface area contributed by atoms with Crippen LogP contribution in [0.4, 0.5) is 5.69 Å². The van der Waals surface area contributed by atoms with Crippen molar-refractivity contribution in [1.82, 2.24) is 15.0 Å². The van der Waals surface area contributed by atoms with E-state index in [-0.39, 0.29) is 5.91 Å². The van der Waals surface area contributed by atoms with Crippen molar-refractivity contribution in [1.29, 1.82) is 0 Å². The van der Waals surface area contributed by atoms with Crippen LogP contribution in [0.15, 0.2) is 48.5 Å². The first-order valence-electron chi connectivity index (χ1n) is 10.6. The number of carbonyl (C=O) groups is 1. The molecule has 0 aliphatic carbocycles. The summed E-state index contributed by atoms with van der Waals surface area (Å²) in [4.78, 5) is 14.6. The van der Waals surface area contributed by atoms with E-state index in [4.69, 9.17) is 14.2 Å². The summed E-state index contributed by atoms with van der Waals surface area (Å²) in [6.45, 7) is 4.03. The van der Waals surface area contributed by atoms with E-state index >= 15 is 0 Å². The summed E-state index contributed by atoms with van der Waals surface area (Å²) in [5.41, 5.74) is 5.46. The Morgan fingerprint density at radius 3 is 2.06 bits per heavy atom. The Kier molecular flexibility index (Phi) is 6.17. The molecule has 0 atom stereocenters. The van der Waals surface area contributed by atoms with Gasteiger partial charge >= 0.3 is 0 Å². The SMILES string of the molecule is CCc1ccc(-n2nc3cc(C)c(NC(=O)c4cc(OC)c(OC)c(OC)c4)cc3n2)cc1. The number of amides is 1. The lowest BCUT2D eigenvalue weighted by atomic mass is 10.1. The first-order valence-corrected chi connectivity index (χ1v) is 10.6. The van der Waals surface area contributed by atoms with Gasteiger partial charge in [0.25, 0.3) is 5.91 Å². The quantitative estimate of drug-likeness (QED) is 0.447. The maximum atomic E-state index is 13.0. The largest absolute Gasteiger partial charge is 0.493 e. The molecule has 3 aromatic carbocycles. The summed E-state index contributed by atoms with van der Waals surface area (Å²) < 4.78 is 16.0. The van der Waals surface area contributed by atoms with Gasteiger partial charge in [-0.2, -0.15) is 4.80 Å². The number of carbonyl (C=O) groups excluding carboxylic acids is 1. The standard InChI is InChI=1S/C25H26N4O4/c1-6-16-7-9-18(10-8-16)29-27-20-11-15(2)19(14-21(20)28-29)26-25(30)17-12-22(31-3)24(33-5)23(13-17)32-4/h7-14H,6H2,1-5H3,(H,26,30). The van der Waals surface area contributed by atoms with E-state index in [1.807, 2.05) is 31.2 Å². The Morgan fingerprint density at radius 1 is 0.909 bits per heavy atom. The molecule has 0 aliphatic rings. The average Bonchev–Trinajstić information content (AvgIpc) is 3.25. The Labute approximate surface area is 192 Å². The molecule has 8 nitrogen and oxygen atoms in total. The van der Waals surface area contributed by atoms with Crippen LogP contribution in [0.5, 0.6) is 17.2 Å². The highest BCUT2D eigenvalue weighted by Gasteiger charge is 2.18. The van der Waals surface area contributed by atoms with Crippen LogP contribution < -0.4 is 19.5 Å². The number of benzene rings is 3. The summed E-state index contributed by atoms with van der Waals surface area (Å²) in [5, 5.41) is 12.1. The number of aromatic nitrogens is 3. The number of nitrogens with zero attached hydrogens (tertiary/aromatic N) is 3. The molecule has 1 heterocycles. The highest BCUT2D eigenvalue weighted by atomic mass is 16.5. The maximum absolute atomic E-state index is 13.0. The Morgan fingerprint density at radius 2 is 1.52 bits per heavy atom. The van der Waals surface area contributed by atoms with Gasteiger partial charge in [-0.05, 0) is 60.9 Å². The number of hydrogen-bond acceptors (Lipinski definition) is 6. The number of hydrogen-bond donors (Lipinski definition) is 1. The zero-order chi connectivity index (χ0) is 23.5. The summed E-state index contributed by atoms with van der Waals surface area (Å²) in [6, 6.07) is 15.1. The number of nitrogens with one attached hydrogen (secondary N) is 1. The van der Waals surface area contributed by atoms with Crippen LogP contribution >= 0.6 is 0 Å². The monoisotopic (exact) mass is 446 g/mol. The number of rotatable bonds is 7. The molecule has 0 saturated carbocycles. The molecule has 1 N–H and O–H groups in total. The van der Waals surface area contributed by atoms with Gasteiger partial charge in [0.05, 0.1) is 27.0 Å². The van der Waals surface area contributed by atoms with Crippen molar-refractivity contribution in [2.75, 3.05) is 26.6 Å². The predicted octanol–water partition coefficient (Wildman–Crippen LogP) is 4.57. The van der Waals surface area contributed by atoms with Crippen molar-refractivity contribution in [3.05, 3.63) is 65.2 Å². The van der Waals surface area contributed by atoms with Crippen LogP contribution in [0.1, 0.15) is 28.4 Å². The van der Waals surface area contributed by atoms with E-state index < -0.39 is 0 Å². The lowest BCUT2D eigenvalue weighted by Crippen LogP contribution is -2.13. The van der Waals surface area contributed by atoms with Crippen molar-refractivity contribution in [2.24, 2.45) is 0 Å². The van der Waals surface area contributed by atoms with Crippen LogP contribution in [0.3, 0.4) is 0 Å². The molecule has 0 fully saturated rings. The zero-order valence-corrected chi connectivity index (χ0v) is 19.3. The molecule has 0 radical (unpaired) electrons. The highest BCUT2D eigenvalue weighted by Crippen LogP contribution is 2.38. The van der Waals surface area contributed by atoms with Crippen molar-refractivity contribution in [2.45, 2.75) is 20.3 Å². The number of ether oxygens (including phenoxy) is 3. The molecule has 33 heavy (non-hydrogen) atoms. The molecular weight excluding hydrogens is 420 g/mol. The second-order valence-electron chi connectivity index (χ2n) is 7.53. The van der Waals surface area contributed by atoms with Gasteiger partial charge in [0.1, 0.15) is 11.0 Å². The summed E-state index contributed by atoms with van der Waals surface area (Å²) >= 11 is 0. The van der Waals surface area contributed by atoms with Gasteiger partial charge < -0.3 is 19.5 Å². The minimum Gasteiger partial charge on any atom is -0.493 e. The molecule has 1 aromatic heterocycles. The molecule has 170 valence electrons. The third-order valence-corrected chi connectivity index (χ3v) is 5.48. The number of methoxy groups -OCH3 is 3. The Bertz CT molecular complexity index is 1290. The Hall–Kier alpha value is -4.07. The van der Waals surface area contributed by atoms with Crippen molar-refractivity contribution < 1.29 is 19.0 Å². The second kappa shape index (κ2) is 9.20. The zero-order valence-electron chi connectivity index (χ0n) is 19.3. The molecule has 8 heteroatoms. The van der Waals surface area contributed by atoms with E-state index in [9.17, 15) is 4.79 Å². The van der Waals surface area contributed by atoms with Gasteiger partial charge in [0.2, 0.25) is 5.75 Å². The van der Waals surface area contributed by atoms with E-state index in [1.165, 1.54) is 26.9 Å². The van der Waals surface area contributed by atoms with E-state index in [0.717, 1.165) is 23.2 Å². The molecular formula is C25H26N4O4. The lowest BCUT2D eigenvalue weighted by molar-refractivity contribution is 0.102. The van der Waals surface area contributed by atoms with Crippen molar-refractivity contribution in [3.63, 3.8) is 0 Å². The maximum Gasteiger partial charge on any atom is 0.255 e. The third-order valence-electron chi connectivity index (χ3n) is 5.48. The van der Waals surface area contributed by atoms with Crippen LogP contribution in [0.2, 0.25) is 0 Å². The second-order valence-corrected chi connectivity index (χ2v) is 7.53. The molecule has 0 bridgehead atoms. The minimum absolute atomic E-state index is 0.306. The minimum atomic E-state index is -0.306. The lowest BCUT2D eigenvalue weighted by Gasteiger charge is -2.14. The summed E-state index contributed by atoms with van der Waals surface area (Å²) in [5.74, 6) is 0.939. The van der Waals surface area contributed by atoms with Gasteiger partial charge in [-0.25, -0.2) is 0 Å². The van der Waals surface area contributed by atoms with Gasteiger partial charge in [-0.15, -0.1) is 10.2 Å². The smallest absolute Gasteiger partial charge is 0.255 e. The van der Waals surface area contributed by atoms with E-state index in [2.05, 4.69) is 34.6 Å². The summed E-state index contributed by atoms with van der Waals surface area (Å²) in [7, 11) is 4.54. The predicted molar refractivity (Wildman–Crippen MR) is 127 cm³/mol. The van der Waals surface area contributed by atoms with Crippen LogP contribution in [0, 0.1) is 6.92 Å². The fourth-order valence-corrected chi connectivity index (χ4v) is 3.59. The topological polar surface area (TPSA) is 87.5 Å². The van der Waals surface area contributed by atoms with Crippen LogP contribution in [-0.4, -0.2) is 42.2 Å². The first kappa shape index (κ1) is 22.1. The fraction of sp³-hybridized carbons (Fsp3) is 0.240. The van der Waals surface area contributed by atoms with Crippen LogP contribution in [0.25, 0.3) is 16.7 Å². The summed E-state index contributed by atoms with van der Waals surface area (Å²) in [6.07, 6.45) is 0.975. The average molecular weight is 447 g/mol. The van der Waals surface area contributed by atoms with Gasteiger partial charge in [-0.3, -0.25) is 4.79 Å². The molecule has 1 amide bonds. The number of aryl methyl sites for hydroxylation is 2. The molecule has 4 rings (SSSR count).